The van der Waals surface area contributed by atoms with Gasteiger partial charge in [0.15, 0.2) is 4.80 Å². The molecule has 0 aliphatic carbocycles. The normalized spacial score (nSPS) is 22.7. The fraction of sp³-hybridized carbons (Fsp3) is 0.273. The Kier molecular flexibility index (Phi) is 3.74. The molecule has 2 bridgehead atoms. The first kappa shape index (κ1) is 17.3. The van der Waals surface area contributed by atoms with E-state index in [-0.39, 0.29) is 11.6 Å². The minimum absolute atomic E-state index is 0.0178. The summed E-state index contributed by atoms with van der Waals surface area (Å²) in [5.41, 5.74) is 2.58. The van der Waals surface area contributed by atoms with Gasteiger partial charge in [0.2, 0.25) is 5.72 Å². The third-order valence-electron chi connectivity index (χ3n) is 5.37. The molecule has 0 spiro atoms. The molecule has 5 nitrogen and oxygen atoms in total. The number of hydrogen-bond acceptors (Lipinski definition) is 5. The fourth-order valence-corrected chi connectivity index (χ4v) is 5.08. The Labute approximate surface area is 166 Å². The molecule has 0 saturated carbocycles. The number of fused-ring (bicyclic) bond motifs is 6. The second-order valence-electron chi connectivity index (χ2n) is 7.70. The highest BCUT2D eigenvalue weighted by Gasteiger charge is 2.42. The molecule has 142 valence electrons. The molecule has 2 aliphatic heterocycles. The van der Waals surface area contributed by atoms with E-state index in [1.54, 1.807) is 0 Å². The summed E-state index contributed by atoms with van der Waals surface area (Å²) in [6, 6.07) is 16.1. The molecule has 2 atom stereocenters. The molecule has 6 heteroatoms. The summed E-state index contributed by atoms with van der Waals surface area (Å²) in [4.78, 5) is 20.8. The topological polar surface area (TPSA) is 46.8 Å². The lowest BCUT2D eigenvalue weighted by atomic mass is 9.93. The Hall–Kier alpha value is -2.86. The molecule has 2 aliphatic rings. The van der Waals surface area contributed by atoms with Crippen molar-refractivity contribution in [1.82, 2.24) is 4.57 Å². The van der Waals surface area contributed by atoms with Gasteiger partial charge in [-0.15, -0.1) is 0 Å². The van der Waals surface area contributed by atoms with Crippen LogP contribution in [0.3, 0.4) is 0 Å². The number of para-hydroxylation sites is 1. The van der Waals surface area contributed by atoms with Crippen LogP contribution in [0.15, 0.2) is 58.3 Å². The van der Waals surface area contributed by atoms with Gasteiger partial charge in [-0.1, -0.05) is 41.7 Å². The Balaban J connectivity index is 1.67. The number of benzene rings is 2. The monoisotopic (exact) mass is 391 g/mol. The number of thiazole rings is 1. The molecule has 0 fully saturated rings. The van der Waals surface area contributed by atoms with Crippen LogP contribution >= 0.6 is 11.3 Å². The lowest BCUT2D eigenvalue weighted by molar-refractivity contribution is 0.0410. The minimum atomic E-state index is -0.624. The van der Waals surface area contributed by atoms with Gasteiger partial charge in [-0.2, -0.15) is 0 Å². The van der Waals surface area contributed by atoms with E-state index < -0.39 is 5.72 Å². The minimum Gasteiger partial charge on any atom is -0.466 e. The average molecular weight is 391 g/mol. The van der Waals surface area contributed by atoms with Gasteiger partial charge in [0.05, 0.1) is 10.6 Å². The molecule has 2 aromatic carbocycles. The van der Waals surface area contributed by atoms with E-state index in [0.717, 1.165) is 27.4 Å². The summed E-state index contributed by atoms with van der Waals surface area (Å²) < 4.78 is 8.70. The maximum atomic E-state index is 13.2. The Morgan fingerprint density at radius 3 is 2.71 bits per heavy atom. The Morgan fingerprint density at radius 1 is 1.21 bits per heavy atom. The number of ether oxygens (including phenoxy) is 1. The maximum Gasteiger partial charge on any atom is 0.270 e. The van der Waals surface area contributed by atoms with Crippen LogP contribution in [0.1, 0.15) is 30.5 Å². The lowest BCUT2D eigenvalue weighted by Crippen LogP contribution is -2.49. The molecular weight excluding hydrogens is 370 g/mol. The van der Waals surface area contributed by atoms with E-state index in [9.17, 15) is 4.79 Å². The smallest absolute Gasteiger partial charge is 0.270 e. The van der Waals surface area contributed by atoms with Gasteiger partial charge in [0.25, 0.3) is 5.56 Å². The van der Waals surface area contributed by atoms with Crippen LogP contribution in [0.25, 0.3) is 6.08 Å². The zero-order chi connectivity index (χ0) is 19.5. The summed E-state index contributed by atoms with van der Waals surface area (Å²) in [6.07, 6.45) is 2.62. The van der Waals surface area contributed by atoms with Gasteiger partial charge in [-0.05, 0) is 36.8 Å². The van der Waals surface area contributed by atoms with Crippen LogP contribution in [0.4, 0.5) is 5.69 Å². The first-order valence-electron chi connectivity index (χ1n) is 9.32. The zero-order valence-corrected chi connectivity index (χ0v) is 16.9. The predicted octanol–water partition coefficient (Wildman–Crippen LogP) is 2.53. The van der Waals surface area contributed by atoms with Gasteiger partial charge in [-0.25, -0.2) is 4.99 Å². The van der Waals surface area contributed by atoms with E-state index >= 15 is 0 Å². The summed E-state index contributed by atoms with van der Waals surface area (Å²) in [5.74, 6) is 0.818. The lowest BCUT2D eigenvalue weighted by Gasteiger charge is -2.39. The number of hydrogen-bond donors (Lipinski definition) is 0. The number of nitrogens with zero attached hydrogens (tertiary/aromatic N) is 3. The molecular formula is C22H21N3O2S. The van der Waals surface area contributed by atoms with Crippen LogP contribution in [0.5, 0.6) is 5.75 Å². The van der Waals surface area contributed by atoms with E-state index in [2.05, 4.69) is 17.0 Å². The van der Waals surface area contributed by atoms with Crippen molar-refractivity contribution < 1.29 is 4.74 Å². The molecule has 0 N–H and O–H groups in total. The zero-order valence-electron chi connectivity index (χ0n) is 16.0. The van der Waals surface area contributed by atoms with E-state index in [4.69, 9.17) is 9.73 Å². The Morgan fingerprint density at radius 2 is 1.96 bits per heavy atom. The van der Waals surface area contributed by atoms with E-state index in [1.807, 2.05) is 68.1 Å². The SMILES string of the molecule is CN(C)c1ccc(/C=c2/sc3n(c2=O)[C@H]2C[C@](C)(N=3)Oc3ccccc32)cc1. The van der Waals surface area contributed by atoms with Crippen LogP contribution in [-0.4, -0.2) is 24.4 Å². The van der Waals surface area contributed by atoms with Gasteiger partial charge in [-0.3, -0.25) is 9.36 Å². The maximum absolute atomic E-state index is 13.2. The molecule has 5 rings (SSSR count). The summed E-state index contributed by atoms with van der Waals surface area (Å²) in [5, 5.41) is 0. The van der Waals surface area contributed by atoms with Crippen LogP contribution < -0.4 is 24.5 Å². The van der Waals surface area contributed by atoms with Crippen molar-refractivity contribution in [3.8, 4) is 5.75 Å². The average Bonchev–Trinajstić information content (AvgIpc) is 2.96. The standard InChI is InChI=1S/C22H21N3O2S/c1-22-13-17(16-6-4-5-7-18(16)27-22)25-20(26)19(28-21(25)23-22)12-14-8-10-15(11-9-14)24(2)3/h4-12,17H,13H2,1-3H3/b19-12+/t17-,22+/m0/s1. The molecule has 28 heavy (non-hydrogen) atoms. The highest BCUT2D eigenvalue weighted by Crippen LogP contribution is 2.42. The largest absolute Gasteiger partial charge is 0.466 e. The van der Waals surface area contributed by atoms with Crippen molar-refractivity contribution in [2.75, 3.05) is 19.0 Å². The predicted molar refractivity (Wildman–Crippen MR) is 112 cm³/mol. The number of aromatic nitrogens is 1. The van der Waals surface area contributed by atoms with Gasteiger partial charge in [0.1, 0.15) is 5.75 Å². The van der Waals surface area contributed by atoms with Crippen LogP contribution in [0.2, 0.25) is 0 Å². The number of rotatable bonds is 2. The van der Waals surface area contributed by atoms with Crippen LogP contribution in [0, 0.1) is 0 Å². The molecule has 0 radical (unpaired) electrons. The molecule has 0 amide bonds. The summed E-state index contributed by atoms with van der Waals surface area (Å²) in [7, 11) is 4.02. The highest BCUT2D eigenvalue weighted by atomic mass is 32.1. The van der Waals surface area contributed by atoms with Crippen molar-refractivity contribution in [1.29, 1.82) is 0 Å². The van der Waals surface area contributed by atoms with Crippen molar-refractivity contribution in [3.63, 3.8) is 0 Å². The fourth-order valence-electron chi connectivity index (χ4n) is 3.96. The first-order chi connectivity index (χ1) is 13.4. The second kappa shape index (κ2) is 6.07. The summed E-state index contributed by atoms with van der Waals surface area (Å²) in [6.45, 7) is 1.99. The van der Waals surface area contributed by atoms with Crippen molar-refractivity contribution >= 4 is 23.1 Å². The van der Waals surface area contributed by atoms with Crippen molar-refractivity contribution in [3.05, 3.63) is 79.3 Å². The first-order valence-corrected chi connectivity index (χ1v) is 10.1. The quantitative estimate of drug-likeness (QED) is 0.674. The molecule has 0 unspecified atom stereocenters. The van der Waals surface area contributed by atoms with Crippen molar-refractivity contribution in [2.45, 2.75) is 25.1 Å². The number of anilines is 1. The van der Waals surface area contributed by atoms with E-state index in [0.29, 0.717) is 11.0 Å². The molecule has 0 saturated heterocycles. The third kappa shape index (κ3) is 2.67. The van der Waals surface area contributed by atoms with Gasteiger partial charge in [0, 0.05) is 31.8 Å². The molecule has 3 heterocycles. The molecule has 3 aromatic rings. The van der Waals surface area contributed by atoms with Crippen LogP contribution in [-0.2, 0) is 0 Å². The van der Waals surface area contributed by atoms with Crippen molar-refractivity contribution in [2.24, 2.45) is 4.99 Å². The second-order valence-corrected chi connectivity index (χ2v) is 8.71. The Bertz CT molecular complexity index is 1240. The summed E-state index contributed by atoms with van der Waals surface area (Å²) >= 11 is 1.44. The molecule has 1 aromatic heterocycles. The highest BCUT2D eigenvalue weighted by molar-refractivity contribution is 7.07. The van der Waals surface area contributed by atoms with Gasteiger partial charge < -0.3 is 9.64 Å². The third-order valence-corrected chi connectivity index (χ3v) is 6.35. The van der Waals surface area contributed by atoms with E-state index in [1.165, 1.54) is 11.3 Å². The van der Waals surface area contributed by atoms with Gasteiger partial charge >= 0.3 is 0 Å².